The summed E-state index contributed by atoms with van der Waals surface area (Å²) in [6.07, 6.45) is 8.30. The van der Waals surface area contributed by atoms with E-state index in [1.807, 2.05) is 4.90 Å². The highest BCUT2D eigenvalue weighted by atomic mass is 16.2. The van der Waals surface area contributed by atoms with Crippen molar-refractivity contribution in [1.82, 2.24) is 4.90 Å². The summed E-state index contributed by atoms with van der Waals surface area (Å²) in [5.41, 5.74) is 4.12. The van der Waals surface area contributed by atoms with E-state index in [0.29, 0.717) is 12.3 Å². The minimum absolute atomic E-state index is 0.275. The molecule has 0 bridgehead atoms. The number of allylic oxidation sites excluding steroid dienone is 3. The van der Waals surface area contributed by atoms with Gasteiger partial charge in [-0.1, -0.05) is 42.0 Å². The van der Waals surface area contributed by atoms with E-state index in [0.717, 1.165) is 25.8 Å². The number of likely N-dealkylation sites (tertiary alicyclic amines) is 1. The summed E-state index contributed by atoms with van der Waals surface area (Å²) in [7, 11) is 0. The topological polar surface area (TPSA) is 20.3 Å². The van der Waals surface area contributed by atoms with Crippen LogP contribution in [-0.2, 0) is 4.79 Å². The molecule has 1 atom stereocenters. The van der Waals surface area contributed by atoms with Gasteiger partial charge in [0.1, 0.15) is 0 Å². The van der Waals surface area contributed by atoms with Gasteiger partial charge in [0.15, 0.2) is 0 Å². The minimum atomic E-state index is 0.275. The molecule has 1 aromatic rings. The van der Waals surface area contributed by atoms with Crippen LogP contribution in [0.1, 0.15) is 44.1 Å². The van der Waals surface area contributed by atoms with E-state index in [2.05, 4.69) is 49.5 Å². The number of amides is 1. The third-order valence-electron chi connectivity index (χ3n) is 4.29. The van der Waals surface area contributed by atoms with E-state index in [9.17, 15) is 4.79 Å². The Balaban J connectivity index is 1.94. The SMILES string of the molecule is CC1=CCC/C(=C/N2CCCC2=O)[C@@H]1c1ccccc1. The summed E-state index contributed by atoms with van der Waals surface area (Å²) in [6, 6.07) is 10.6. The lowest BCUT2D eigenvalue weighted by molar-refractivity contribution is -0.125. The molecule has 1 aliphatic heterocycles. The first-order valence-electron chi connectivity index (χ1n) is 7.47. The molecule has 1 heterocycles. The summed E-state index contributed by atoms with van der Waals surface area (Å²) in [4.78, 5) is 13.8. The molecule has 20 heavy (non-hydrogen) atoms. The minimum Gasteiger partial charge on any atom is -0.319 e. The Morgan fingerprint density at radius 2 is 2.00 bits per heavy atom. The van der Waals surface area contributed by atoms with E-state index < -0.39 is 0 Å². The van der Waals surface area contributed by atoms with E-state index in [4.69, 9.17) is 0 Å². The van der Waals surface area contributed by atoms with E-state index >= 15 is 0 Å². The van der Waals surface area contributed by atoms with Crippen molar-refractivity contribution in [3.63, 3.8) is 0 Å². The molecule has 104 valence electrons. The summed E-state index contributed by atoms with van der Waals surface area (Å²) >= 11 is 0. The van der Waals surface area contributed by atoms with Crippen LogP contribution >= 0.6 is 0 Å². The van der Waals surface area contributed by atoms with Crippen molar-refractivity contribution in [2.45, 2.75) is 38.5 Å². The summed E-state index contributed by atoms with van der Waals surface area (Å²) in [5, 5.41) is 0. The monoisotopic (exact) mass is 267 g/mol. The quantitative estimate of drug-likeness (QED) is 0.741. The highest BCUT2D eigenvalue weighted by Crippen LogP contribution is 2.38. The third kappa shape index (κ3) is 2.55. The highest BCUT2D eigenvalue weighted by molar-refractivity contribution is 5.79. The van der Waals surface area contributed by atoms with Gasteiger partial charge in [-0.15, -0.1) is 0 Å². The van der Waals surface area contributed by atoms with Gasteiger partial charge in [-0.25, -0.2) is 0 Å². The Morgan fingerprint density at radius 3 is 2.70 bits per heavy atom. The molecule has 1 aromatic carbocycles. The van der Waals surface area contributed by atoms with Crippen molar-refractivity contribution >= 4 is 5.91 Å². The van der Waals surface area contributed by atoms with Crippen molar-refractivity contribution in [3.8, 4) is 0 Å². The van der Waals surface area contributed by atoms with Gasteiger partial charge < -0.3 is 4.90 Å². The van der Waals surface area contributed by atoms with Gasteiger partial charge in [0.05, 0.1) is 0 Å². The van der Waals surface area contributed by atoms with Gasteiger partial charge >= 0.3 is 0 Å². The Labute approximate surface area is 120 Å². The largest absolute Gasteiger partial charge is 0.319 e. The van der Waals surface area contributed by atoms with E-state index in [-0.39, 0.29) is 5.91 Å². The second kappa shape index (κ2) is 5.66. The fourth-order valence-electron chi connectivity index (χ4n) is 3.29. The van der Waals surface area contributed by atoms with Crippen LogP contribution in [0, 0.1) is 0 Å². The molecule has 1 amide bonds. The Bertz CT molecular complexity index is 556. The molecule has 1 saturated heterocycles. The number of hydrogen-bond acceptors (Lipinski definition) is 1. The second-order valence-electron chi connectivity index (χ2n) is 5.73. The summed E-state index contributed by atoms with van der Waals surface area (Å²) < 4.78 is 0. The van der Waals surface area contributed by atoms with Crippen molar-refractivity contribution in [3.05, 3.63) is 59.3 Å². The van der Waals surface area contributed by atoms with Crippen LogP contribution in [0.5, 0.6) is 0 Å². The fraction of sp³-hybridized carbons (Fsp3) is 0.389. The Morgan fingerprint density at radius 1 is 1.20 bits per heavy atom. The van der Waals surface area contributed by atoms with Crippen molar-refractivity contribution in [1.29, 1.82) is 0 Å². The fourth-order valence-corrected chi connectivity index (χ4v) is 3.29. The number of hydrogen-bond donors (Lipinski definition) is 0. The zero-order valence-corrected chi connectivity index (χ0v) is 12.0. The third-order valence-corrected chi connectivity index (χ3v) is 4.29. The lowest BCUT2D eigenvalue weighted by Crippen LogP contribution is -2.20. The van der Waals surface area contributed by atoms with Crippen molar-refractivity contribution in [2.24, 2.45) is 0 Å². The first-order chi connectivity index (χ1) is 9.75. The number of nitrogens with zero attached hydrogens (tertiary/aromatic N) is 1. The predicted octanol–water partition coefficient (Wildman–Crippen LogP) is 4.02. The first kappa shape index (κ1) is 13.2. The molecule has 0 radical (unpaired) electrons. The molecule has 3 rings (SSSR count). The van der Waals surface area contributed by atoms with Crippen LogP contribution in [-0.4, -0.2) is 17.4 Å². The molecule has 0 unspecified atom stereocenters. The van der Waals surface area contributed by atoms with Crippen molar-refractivity contribution in [2.75, 3.05) is 6.54 Å². The van der Waals surface area contributed by atoms with Gasteiger partial charge in [-0.2, -0.15) is 0 Å². The maximum atomic E-state index is 11.8. The molecule has 0 spiro atoms. The van der Waals surface area contributed by atoms with E-state index in [1.165, 1.54) is 16.7 Å². The second-order valence-corrected chi connectivity index (χ2v) is 5.73. The standard InChI is InChI=1S/C18H21NO/c1-14-7-5-10-16(13-19-12-6-11-17(19)20)18(14)15-8-3-2-4-9-15/h2-4,7-9,13,18H,5-6,10-12H2,1H3/b16-13-/t18-/m0/s1. The number of benzene rings is 1. The molecule has 1 fully saturated rings. The molecule has 0 N–H and O–H groups in total. The molecule has 2 aliphatic rings. The highest BCUT2D eigenvalue weighted by Gasteiger charge is 2.25. The average molecular weight is 267 g/mol. The van der Waals surface area contributed by atoms with Crippen LogP contribution in [0.15, 0.2) is 53.8 Å². The Kier molecular flexibility index (Phi) is 3.72. The maximum Gasteiger partial charge on any atom is 0.226 e. The van der Waals surface area contributed by atoms with Gasteiger partial charge in [0.25, 0.3) is 0 Å². The normalized spacial score (nSPS) is 25.1. The average Bonchev–Trinajstić information content (AvgIpc) is 2.85. The van der Waals surface area contributed by atoms with Crippen LogP contribution in [0.3, 0.4) is 0 Å². The van der Waals surface area contributed by atoms with E-state index in [1.54, 1.807) is 0 Å². The zero-order valence-electron chi connectivity index (χ0n) is 12.0. The van der Waals surface area contributed by atoms with Crippen LogP contribution in [0.25, 0.3) is 0 Å². The molecule has 1 aliphatic carbocycles. The van der Waals surface area contributed by atoms with Gasteiger partial charge in [0.2, 0.25) is 5.91 Å². The summed E-state index contributed by atoms with van der Waals surface area (Å²) in [6.45, 7) is 3.09. The molecule has 0 aromatic heterocycles. The molecule has 2 nitrogen and oxygen atoms in total. The van der Waals surface area contributed by atoms with Crippen LogP contribution < -0.4 is 0 Å². The predicted molar refractivity (Wildman–Crippen MR) is 81.2 cm³/mol. The number of carbonyl (C=O) groups excluding carboxylic acids is 1. The van der Waals surface area contributed by atoms with Gasteiger partial charge in [-0.3, -0.25) is 4.79 Å². The smallest absolute Gasteiger partial charge is 0.226 e. The van der Waals surface area contributed by atoms with Crippen LogP contribution in [0.4, 0.5) is 0 Å². The van der Waals surface area contributed by atoms with Crippen LogP contribution in [0.2, 0.25) is 0 Å². The number of rotatable bonds is 2. The van der Waals surface area contributed by atoms with Gasteiger partial charge in [-0.05, 0) is 37.3 Å². The molecular weight excluding hydrogens is 246 g/mol. The molecular formula is C18H21NO. The zero-order chi connectivity index (χ0) is 13.9. The first-order valence-corrected chi connectivity index (χ1v) is 7.47. The number of carbonyl (C=O) groups is 1. The van der Waals surface area contributed by atoms with Gasteiger partial charge in [0, 0.05) is 25.1 Å². The summed E-state index contributed by atoms with van der Waals surface area (Å²) in [5.74, 6) is 0.620. The lowest BCUT2D eigenvalue weighted by Gasteiger charge is -2.27. The Hall–Kier alpha value is -1.83. The lowest BCUT2D eigenvalue weighted by atomic mass is 9.79. The molecule has 0 saturated carbocycles. The van der Waals surface area contributed by atoms with Crippen molar-refractivity contribution < 1.29 is 4.79 Å². The maximum absolute atomic E-state index is 11.8. The molecule has 2 heteroatoms.